The maximum Gasteiger partial charge on any atom is 0.310 e. The molecule has 2 amide bonds. The number of benzene rings is 1. The standard InChI is InChI=1S/C16H16N2O4S/c1-3-13(19)17-16-18-15(21)12(23-16)9-10-5-7-11(8-6-10)22-14(20)4-2/h5-9H,3-4H2,1-2H3,(H,17,18,19,21)/b12-9-. The minimum absolute atomic E-state index is 0.188. The number of thioether (sulfide) groups is 1. The van der Waals surface area contributed by atoms with Gasteiger partial charge in [-0.1, -0.05) is 26.0 Å². The summed E-state index contributed by atoms with van der Waals surface area (Å²) >= 11 is 1.12. The second-order valence-electron chi connectivity index (χ2n) is 4.63. The molecule has 0 aliphatic carbocycles. The molecule has 1 aliphatic heterocycles. The Bertz CT molecular complexity index is 693. The monoisotopic (exact) mass is 332 g/mol. The number of hydrogen-bond acceptors (Lipinski definition) is 5. The van der Waals surface area contributed by atoms with Crippen LogP contribution in [0.2, 0.25) is 0 Å². The number of rotatable bonds is 4. The van der Waals surface area contributed by atoms with Crippen molar-refractivity contribution >= 4 is 40.8 Å². The first-order valence-electron chi connectivity index (χ1n) is 7.15. The van der Waals surface area contributed by atoms with Crippen molar-refractivity contribution in [3.63, 3.8) is 0 Å². The first-order valence-corrected chi connectivity index (χ1v) is 7.96. The van der Waals surface area contributed by atoms with Crippen LogP contribution in [0.1, 0.15) is 32.3 Å². The zero-order valence-corrected chi connectivity index (χ0v) is 13.6. The van der Waals surface area contributed by atoms with E-state index in [1.807, 2.05) is 0 Å². The van der Waals surface area contributed by atoms with Crippen LogP contribution in [0.25, 0.3) is 6.08 Å². The lowest BCUT2D eigenvalue weighted by Gasteiger charge is -2.03. The van der Waals surface area contributed by atoms with Gasteiger partial charge in [0.15, 0.2) is 5.17 Å². The van der Waals surface area contributed by atoms with Crippen LogP contribution in [0.3, 0.4) is 0 Å². The third-order valence-electron chi connectivity index (χ3n) is 2.89. The Morgan fingerprint density at radius 2 is 1.91 bits per heavy atom. The lowest BCUT2D eigenvalue weighted by molar-refractivity contribution is -0.134. The van der Waals surface area contributed by atoms with E-state index in [4.69, 9.17) is 4.74 Å². The van der Waals surface area contributed by atoms with Gasteiger partial charge in [0.25, 0.3) is 5.91 Å². The zero-order chi connectivity index (χ0) is 16.8. The van der Waals surface area contributed by atoms with E-state index in [2.05, 4.69) is 10.3 Å². The number of amidine groups is 1. The van der Waals surface area contributed by atoms with Gasteiger partial charge in [-0.25, -0.2) is 0 Å². The Morgan fingerprint density at radius 1 is 1.22 bits per heavy atom. The van der Waals surface area contributed by atoms with E-state index in [1.165, 1.54) is 0 Å². The number of aliphatic imine (C=N–C) groups is 1. The van der Waals surface area contributed by atoms with E-state index in [0.717, 1.165) is 17.3 Å². The second-order valence-corrected chi connectivity index (χ2v) is 5.66. The fourth-order valence-electron chi connectivity index (χ4n) is 1.66. The van der Waals surface area contributed by atoms with Crippen molar-refractivity contribution in [1.29, 1.82) is 0 Å². The van der Waals surface area contributed by atoms with Crippen molar-refractivity contribution in [2.45, 2.75) is 26.7 Å². The Balaban J connectivity index is 2.04. The smallest absolute Gasteiger partial charge is 0.310 e. The molecule has 1 aromatic carbocycles. The lowest BCUT2D eigenvalue weighted by atomic mass is 10.2. The molecular formula is C16H16N2O4S. The highest BCUT2D eigenvalue weighted by molar-refractivity contribution is 8.18. The normalized spacial score (nSPS) is 15.5. The van der Waals surface area contributed by atoms with Gasteiger partial charge in [0.1, 0.15) is 5.75 Å². The summed E-state index contributed by atoms with van der Waals surface area (Å²) in [5, 5.41) is 2.86. The van der Waals surface area contributed by atoms with Gasteiger partial charge < -0.3 is 10.1 Å². The van der Waals surface area contributed by atoms with Crippen LogP contribution in [0.5, 0.6) is 5.75 Å². The number of carbonyl (C=O) groups excluding carboxylic acids is 3. The SMILES string of the molecule is CCC(=O)NC1=NC(=O)/C(=C/c2ccc(OC(=O)CC)cc2)S1. The number of amides is 2. The number of nitrogens with zero attached hydrogens (tertiary/aromatic N) is 1. The molecule has 0 fully saturated rings. The van der Waals surface area contributed by atoms with Crippen LogP contribution >= 0.6 is 11.8 Å². The van der Waals surface area contributed by atoms with E-state index < -0.39 is 0 Å². The number of ether oxygens (including phenoxy) is 1. The predicted octanol–water partition coefficient (Wildman–Crippen LogP) is 2.50. The van der Waals surface area contributed by atoms with E-state index in [-0.39, 0.29) is 17.8 Å². The summed E-state index contributed by atoms with van der Waals surface area (Å²) in [6.45, 7) is 3.44. The van der Waals surface area contributed by atoms with Crippen molar-refractivity contribution in [1.82, 2.24) is 5.32 Å². The molecule has 7 heteroatoms. The molecule has 0 saturated carbocycles. The second kappa shape index (κ2) is 7.73. The van der Waals surface area contributed by atoms with Gasteiger partial charge in [0.2, 0.25) is 5.91 Å². The third-order valence-corrected chi connectivity index (χ3v) is 3.79. The average molecular weight is 332 g/mol. The van der Waals surface area contributed by atoms with Gasteiger partial charge in [-0.15, -0.1) is 0 Å². The summed E-state index contributed by atoms with van der Waals surface area (Å²) in [4.78, 5) is 38.5. The minimum Gasteiger partial charge on any atom is -0.427 e. The van der Waals surface area contributed by atoms with Crippen LogP contribution in [-0.2, 0) is 14.4 Å². The first kappa shape index (κ1) is 17.0. The highest BCUT2D eigenvalue weighted by atomic mass is 32.2. The maximum absolute atomic E-state index is 11.8. The lowest BCUT2D eigenvalue weighted by Crippen LogP contribution is -2.26. The van der Waals surface area contributed by atoms with Crippen molar-refractivity contribution in [3.8, 4) is 5.75 Å². The summed E-state index contributed by atoms with van der Waals surface area (Å²) in [6.07, 6.45) is 2.30. The highest BCUT2D eigenvalue weighted by Crippen LogP contribution is 2.28. The molecule has 0 unspecified atom stereocenters. The quantitative estimate of drug-likeness (QED) is 0.520. The largest absolute Gasteiger partial charge is 0.427 e. The average Bonchev–Trinajstić information content (AvgIpc) is 2.88. The van der Waals surface area contributed by atoms with Crippen LogP contribution in [-0.4, -0.2) is 23.0 Å². The van der Waals surface area contributed by atoms with Crippen molar-refractivity contribution < 1.29 is 19.1 Å². The molecule has 1 aromatic rings. The van der Waals surface area contributed by atoms with Crippen LogP contribution in [0.4, 0.5) is 0 Å². The van der Waals surface area contributed by atoms with Gasteiger partial charge in [0, 0.05) is 12.8 Å². The molecule has 6 nitrogen and oxygen atoms in total. The Hall–Kier alpha value is -2.41. The Labute approximate surface area is 138 Å². The molecule has 120 valence electrons. The molecule has 2 rings (SSSR count). The molecule has 0 spiro atoms. The molecule has 1 aliphatic rings. The predicted molar refractivity (Wildman–Crippen MR) is 88.8 cm³/mol. The summed E-state index contributed by atoms with van der Waals surface area (Å²) in [6, 6.07) is 6.79. The van der Waals surface area contributed by atoms with Gasteiger partial charge in [-0.3, -0.25) is 14.4 Å². The minimum atomic E-state index is -0.386. The van der Waals surface area contributed by atoms with Crippen molar-refractivity contribution in [2.24, 2.45) is 4.99 Å². The van der Waals surface area contributed by atoms with Crippen LogP contribution in [0.15, 0.2) is 34.2 Å². The number of carbonyl (C=O) groups is 3. The van der Waals surface area contributed by atoms with E-state index >= 15 is 0 Å². The van der Waals surface area contributed by atoms with E-state index in [9.17, 15) is 14.4 Å². The summed E-state index contributed by atoms with van der Waals surface area (Å²) in [5.41, 5.74) is 0.774. The Morgan fingerprint density at radius 3 is 2.52 bits per heavy atom. The third kappa shape index (κ3) is 4.79. The molecular weight excluding hydrogens is 316 g/mol. The molecule has 0 saturated heterocycles. The molecule has 1 heterocycles. The van der Waals surface area contributed by atoms with Gasteiger partial charge in [-0.2, -0.15) is 4.99 Å². The summed E-state index contributed by atoms with van der Waals surface area (Å²) in [7, 11) is 0. The molecule has 1 N–H and O–H groups in total. The van der Waals surface area contributed by atoms with Crippen LogP contribution < -0.4 is 10.1 Å². The Kier molecular flexibility index (Phi) is 5.70. The van der Waals surface area contributed by atoms with Gasteiger partial charge in [-0.05, 0) is 35.5 Å². The number of esters is 1. The fraction of sp³-hybridized carbons (Fsp3) is 0.250. The molecule has 23 heavy (non-hydrogen) atoms. The van der Waals surface area contributed by atoms with Crippen molar-refractivity contribution in [2.75, 3.05) is 0 Å². The molecule has 0 radical (unpaired) electrons. The number of nitrogens with one attached hydrogen (secondary N) is 1. The maximum atomic E-state index is 11.8. The van der Waals surface area contributed by atoms with Crippen molar-refractivity contribution in [3.05, 3.63) is 34.7 Å². The van der Waals surface area contributed by atoms with E-state index in [1.54, 1.807) is 44.2 Å². The van der Waals surface area contributed by atoms with Gasteiger partial charge in [0.05, 0.1) is 4.91 Å². The number of hydrogen-bond donors (Lipinski definition) is 1. The summed E-state index contributed by atoms with van der Waals surface area (Å²) < 4.78 is 5.08. The zero-order valence-electron chi connectivity index (χ0n) is 12.8. The fourth-order valence-corrected chi connectivity index (χ4v) is 2.49. The molecule has 0 bridgehead atoms. The molecule has 0 aromatic heterocycles. The van der Waals surface area contributed by atoms with Gasteiger partial charge >= 0.3 is 5.97 Å². The van der Waals surface area contributed by atoms with Crippen LogP contribution in [0, 0.1) is 0 Å². The summed E-state index contributed by atoms with van der Waals surface area (Å²) in [5.74, 6) is -0.422. The molecule has 0 atom stereocenters. The van der Waals surface area contributed by atoms with E-state index in [0.29, 0.717) is 28.7 Å². The topological polar surface area (TPSA) is 84.8 Å². The highest BCUT2D eigenvalue weighted by Gasteiger charge is 2.22. The first-order chi connectivity index (χ1) is 11.0.